The van der Waals surface area contributed by atoms with Crippen LogP contribution in [0.4, 0.5) is 5.69 Å². The second-order valence-electron chi connectivity index (χ2n) is 4.12. The summed E-state index contributed by atoms with van der Waals surface area (Å²) in [5.41, 5.74) is 1.48. The minimum absolute atomic E-state index is 0.172. The van der Waals surface area contributed by atoms with Crippen molar-refractivity contribution in [2.75, 3.05) is 17.3 Å². The third kappa shape index (κ3) is 3.92. The first-order valence-electron chi connectivity index (χ1n) is 6.38. The van der Waals surface area contributed by atoms with Crippen LogP contribution in [0.2, 0.25) is 0 Å². The molecule has 0 saturated carbocycles. The van der Waals surface area contributed by atoms with E-state index in [0.717, 1.165) is 10.4 Å². The van der Waals surface area contributed by atoms with Crippen LogP contribution in [0.25, 0.3) is 10.4 Å². The maximum absolute atomic E-state index is 12.0. The quantitative estimate of drug-likeness (QED) is 0.643. The van der Waals surface area contributed by atoms with Crippen molar-refractivity contribution in [2.45, 2.75) is 6.92 Å². The van der Waals surface area contributed by atoms with Crippen molar-refractivity contribution in [2.24, 2.45) is 0 Å². The van der Waals surface area contributed by atoms with Gasteiger partial charge in [-0.05, 0) is 18.6 Å². The Morgan fingerprint density at radius 2 is 2.00 bits per heavy atom. The zero-order chi connectivity index (χ0) is 15.2. The van der Waals surface area contributed by atoms with Gasteiger partial charge in [-0.15, -0.1) is 11.3 Å². The zero-order valence-electron chi connectivity index (χ0n) is 11.4. The summed E-state index contributed by atoms with van der Waals surface area (Å²) < 4.78 is 5.04. The van der Waals surface area contributed by atoms with Gasteiger partial charge in [0.2, 0.25) is 5.91 Å². The number of rotatable bonds is 5. The fraction of sp³-hybridized carbons (Fsp3) is 0.200. The van der Waals surface area contributed by atoms with Gasteiger partial charge in [-0.25, -0.2) is 4.79 Å². The molecule has 0 aliphatic heterocycles. The Morgan fingerprint density at radius 3 is 2.62 bits per heavy atom. The number of amides is 1. The molecule has 0 aliphatic carbocycles. The van der Waals surface area contributed by atoms with Crippen molar-refractivity contribution < 1.29 is 14.3 Å². The number of ether oxygens (including phenoxy) is 1. The number of esters is 1. The van der Waals surface area contributed by atoms with Crippen LogP contribution in [-0.4, -0.2) is 23.8 Å². The van der Waals surface area contributed by atoms with Gasteiger partial charge in [0, 0.05) is 4.88 Å². The largest absolute Gasteiger partial charge is 0.462 e. The summed E-state index contributed by atoms with van der Waals surface area (Å²) in [4.78, 5) is 24.9. The van der Waals surface area contributed by atoms with Crippen molar-refractivity contribution in [3.63, 3.8) is 0 Å². The highest BCUT2D eigenvalue weighted by molar-refractivity contribution is 9.09. The number of alkyl halides is 1. The van der Waals surface area contributed by atoms with E-state index < -0.39 is 5.97 Å². The van der Waals surface area contributed by atoms with Crippen LogP contribution in [0.15, 0.2) is 36.4 Å². The van der Waals surface area contributed by atoms with Crippen molar-refractivity contribution in [3.8, 4) is 10.4 Å². The maximum Gasteiger partial charge on any atom is 0.350 e. The summed E-state index contributed by atoms with van der Waals surface area (Å²) in [5.74, 6) is -0.632. The zero-order valence-corrected chi connectivity index (χ0v) is 13.8. The molecule has 2 aromatic rings. The fourth-order valence-corrected chi connectivity index (χ4v) is 2.91. The molecule has 21 heavy (non-hydrogen) atoms. The van der Waals surface area contributed by atoms with Crippen molar-refractivity contribution in [3.05, 3.63) is 41.3 Å². The van der Waals surface area contributed by atoms with Crippen LogP contribution in [0, 0.1) is 0 Å². The second-order valence-corrected chi connectivity index (χ2v) is 5.73. The molecule has 0 saturated heterocycles. The van der Waals surface area contributed by atoms with Gasteiger partial charge in [-0.2, -0.15) is 0 Å². The molecule has 0 aliphatic rings. The van der Waals surface area contributed by atoms with Gasteiger partial charge in [0.15, 0.2) is 0 Å². The van der Waals surface area contributed by atoms with Gasteiger partial charge >= 0.3 is 5.97 Å². The number of anilines is 1. The molecule has 0 unspecified atom stereocenters. The topological polar surface area (TPSA) is 55.4 Å². The van der Waals surface area contributed by atoms with Crippen LogP contribution in [0.3, 0.4) is 0 Å². The van der Waals surface area contributed by atoms with Gasteiger partial charge in [0.1, 0.15) is 4.88 Å². The monoisotopic (exact) mass is 367 g/mol. The van der Waals surface area contributed by atoms with E-state index in [1.165, 1.54) is 11.3 Å². The second kappa shape index (κ2) is 7.38. The molecular weight excluding hydrogens is 354 g/mol. The van der Waals surface area contributed by atoms with E-state index in [1.807, 2.05) is 30.3 Å². The molecule has 0 radical (unpaired) electrons. The average Bonchev–Trinajstić information content (AvgIpc) is 2.92. The van der Waals surface area contributed by atoms with E-state index in [2.05, 4.69) is 21.2 Å². The lowest BCUT2D eigenvalue weighted by molar-refractivity contribution is -0.113. The number of halogens is 1. The summed E-state index contributed by atoms with van der Waals surface area (Å²) in [6, 6.07) is 11.5. The average molecular weight is 368 g/mol. The van der Waals surface area contributed by atoms with Crippen molar-refractivity contribution in [1.29, 1.82) is 0 Å². The normalized spacial score (nSPS) is 10.2. The maximum atomic E-state index is 12.0. The first kappa shape index (κ1) is 15.7. The summed E-state index contributed by atoms with van der Waals surface area (Å²) in [6.45, 7) is 2.05. The Balaban J connectivity index is 2.39. The molecule has 1 amide bonds. The highest BCUT2D eigenvalue weighted by atomic mass is 79.9. The fourth-order valence-electron chi connectivity index (χ4n) is 1.76. The van der Waals surface area contributed by atoms with Gasteiger partial charge in [0.05, 0.1) is 17.6 Å². The first-order chi connectivity index (χ1) is 10.2. The molecule has 1 aromatic heterocycles. The molecule has 1 N–H and O–H groups in total. The number of benzene rings is 1. The van der Waals surface area contributed by atoms with Crippen LogP contribution < -0.4 is 5.32 Å². The smallest absolute Gasteiger partial charge is 0.350 e. The number of hydrogen-bond donors (Lipinski definition) is 1. The number of carbonyl (C=O) groups is 2. The SMILES string of the molecule is CCOC(=O)c1sc(-c2ccccc2)cc1NC(=O)CBr. The van der Waals surface area contributed by atoms with Gasteiger partial charge in [0.25, 0.3) is 0 Å². The third-order valence-electron chi connectivity index (χ3n) is 2.65. The number of carbonyl (C=O) groups excluding carboxylic acids is 2. The van der Waals surface area contributed by atoms with Crippen LogP contribution >= 0.6 is 27.3 Å². The Hall–Kier alpha value is -1.66. The van der Waals surface area contributed by atoms with Gasteiger partial charge in [-0.1, -0.05) is 46.3 Å². The summed E-state index contributed by atoms with van der Waals surface area (Å²) >= 11 is 4.40. The van der Waals surface area contributed by atoms with E-state index in [-0.39, 0.29) is 11.2 Å². The van der Waals surface area contributed by atoms with E-state index in [0.29, 0.717) is 17.2 Å². The van der Waals surface area contributed by atoms with Crippen LogP contribution in [0.1, 0.15) is 16.6 Å². The number of hydrogen-bond acceptors (Lipinski definition) is 4. The molecule has 4 nitrogen and oxygen atoms in total. The Bertz CT molecular complexity index is 640. The highest BCUT2D eigenvalue weighted by Gasteiger charge is 2.19. The molecule has 1 heterocycles. The molecule has 6 heteroatoms. The van der Waals surface area contributed by atoms with Gasteiger partial charge < -0.3 is 10.1 Å². The van der Waals surface area contributed by atoms with E-state index >= 15 is 0 Å². The Morgan fingerprint density at radius 1 is 1.29 bits per heavy atom. The van der Waals surface area contributed by atoms with E-state index in [9.17, 15) is 9.59 Å². The minimum atomic E-state index is -0.422. The van der Waals surface area contributed by atoms with Crippen LogP contribution in [0.5, 0.6) is 0 Å². The molecule has 1 aromatic carbocycles. The molecule has 0 bridgehead atoms. The first-order valence-corrected chi connectivity index (χ1v) is 8.31. The number of thiophene rings is 1. The molecule has 0 spiro atoms. The lowest BCUT2D eigenvalue weighted by atomic mass is 10.2. The minimum Gasteiger partial charge on any atom is -0.462 e. The molecule has 110 valence electrons. The molecule has 0 atom stereocenters. The third-order valence-corrected chi connectivity index (χ3v) is 4.32. The van der Waals surface area contributed by atoms with E-state index in [4.69, 9.17) is 4.74 Å². The Labute approximate surface area is 135 Å². The molecule has 2 rings (SSSR count). The summed E-state index contributed by atoms with van der Waals surface area (Å²) in [6.07, 6.45) is 0. The van der Waals surface area contributed by atoms with Crippen molar-refractivity contribution >= 4 is 44.8 Å². The predicted octanol–water partition coefficient (Wildman–Crippen LogP) is 3.93. The highest BCUT2D eigenvalue weighted by Crippen LogP contribution is 2.35. The lowest BCUT2D eigenvalue weighted by Crippen LogP contribution is -2.14. The number of nitrogens with one attached hydrogen (secondary N) is 1. The van der Waals surface area contributed by atoms with Crippen molar-refractivity contribution in [1.82, 2.24) is 0 Å². The summed E-state index contributed by atoms with van der Waals surface area (Å²) in [5, 5.41) is 2.89. The Kier molecular flexibility index (Phi) is 5.52. The molecular formula is C15H14BrNO3S. The lowest BCUT2D eigenvalue weighted by Gasteiger charge is -2.04. The predicted molar refractivity (Wildman–Crippen MR) is 88.1 cm³/mol. The molecule has 0 fully saturated rings. The standard InChI is InChI=1S/C15H14BrNO3S/c1-2-20-15(19)14-11(17-13(18)9-16)8-12(21-14)10-6-4-3-5-7-10/h3-8H,2,9H2,1H3,(H,17,18). The van der Waals surface area contributed by atoms with E-state index in [1.54, 1.807) is 13.0 Å². The summed E-state index contributed by atoms with van der Waals surface area (Å²) in [7, 11) is 0. The van der Waals surface area contributed by atoms with Crippen LogP contribution in [-0.2, 0) is 9.53 Å². The van der Waals surface area contributed by atoms with Gasteiger partial charge in [-0.3, -0.25) is 4.79 Å².